The van der Waals surface area contributed by atoms with Crippen molar-refractivity contribution in [2.75, 3.05) is 7.11 Å². The zero-order valence-electron chi connectivity index (χ0n) is 13.7. The van der Waals surface area contributed by atoms with E-state index in [1.807, 2.05) is 32.9 Å². The Morgan fingerprint density at radius 1 is 1.05 bits per heavy atom. The first kappa shape index (κ1) is 18.7. The van der Waals surface area contributed by atoms with Crippen LogP contribution in [0.4, 0.5) is 0 Å². The molecule has 114 valence electrons. The van der Waals surface area contributed by atoms with Crippen LogP contribution in [-0.4, -0.2) is 13.1 Å². The van der Waals surface area contributed by atoms with Crippen molar-refractivity contribution in [1.82, 2.24) is 0 Å². The lowest BCUT2D eigenvalue weighted by molar-refractivity contribution is 0.0600. The van der Waals surface area contributed by atoms with E-state index in [2.05, 4.69) is 11.7 Å². The van der Waals surface area contributed by atoms with E-state index in [0.717, 1.165) is 11.5 Å². The average molecular weight is 278 g/mol. The smallest absolute Gasteiger partial charge is 0.337 e. The second-order valence-corrected chi connectivity index (χ2v) is 5.10. The summed E-state index contributed by atoms with van der Waals surface area (Å²) in [4.78, 5) is 10.9. The number of aryl methyl sites for hydroxylation is 1. The third-order valence-electron chi connectivity index (χ3n) is 3.37. The molecule has 0 heterocycles. The Morgan fingerprint density at radius 3 is 1.90 bits per heavy atom. The minimum absolute atomic E-state index is 0.287. The Hall–Kier alpha value is -1.31. The first-order valence-electron chi connectivity index (χ1n) is 7.78. The minimum Gasteiger partial charge on any atom is -0.465 e. The van der Waals surface area contributed by atoms with Gasteiger partial charge in [0.1, 0.15) is 0 Å². The lowest BCUT2D eigenvalue weighted by Gasteiger charge is -2.15. The summed E-state index contributed by atoms with van der Waals surface area (Å²) in [7, 11) is 1.38. The Balaban J connectivity index is 0.000000345. The van der Waals surface area contributed by atoms with E-state index in [4.69, 9.17) is 0 Å². The predicted octanol–water partition coefficient (Wildman–Crippen LogP) is 5.39. The quantitative estimate of drug-likeness (QED) is 0.643. The molecule has 0 aromatic heterocycles. The van der Waals surface area contributed by atoms with Crippen LogP contribution in [0.2, 0.25) is 0 Å². The summed E-state index contributed by atoms with van der Waals surface area (Å²) in [6, 6.07) is 7.26. The van der Waals surface area contributed by atoms with Gasteiger partial charge < -0.3 is 4.74 Å². The van der Waals surface area contributed by atoms with E-state index in [-0.39, 0.29) is 5.97 Å². The number of hydrogen-bond acceptors (Lipinski definition) is 2. The summed E-state index contributed by atoms with van der Waals surface area (Å²) in [6.45, 7) is 8.33. The van der Waals surface area contributed by atoms with Crippen molar-refractivity contribution >= 4 is 5.97 Å². The number of ether oxygens (including phenoxy) is 1. The molecule has 0 N–H and O–H groups in total. The van der Waals surface area contributed by atoms with Crippen molar-refractivity contribution in [2.45, 2.75) is 59.8 Å². The van der Waals surface area contributed by atoms with Gasteiger partial charge in [0.15, 0.2) is 0 Å². The first-order chi connectivity index (χ1) is 9.63. The number of benzene rings is 1. The summed E-state index contributed by atoms with van der Waals surface area (Å²) in [5.41, 5.74) is 1.73. The van der Waals surface area contributed by atoms with Crippen LogP contribution in [-0.2, 0) is 4.74 Å². The summed E-state index contributed by atoms with van der Waals surface area (Å²) in [6.07, 6.45) is 7.44. The fraction of sp³-hybridized carbons (Fsp3) is 0.611. The highest BCUT2D eigenvalue weighted by Gasteiger charge is 2.06. The topological polar surface area (TPSA) is 26.3 Å². The van der Waals surface area contributed by atoms with Crippen LogP contribution in [0.1, 0.15) is 68.8 Å². The molecule has 1 aliphatic carbocycles. The molecule has 0 atom stereocenters. The van der Waals surface area contributed by atoms with Gasteiger partial charge in [0.05, 0.1) is 12.7 Å². The SMILES string of the molecule is CC.CC1CCCCC1.COC(=O)c1ccc(C)cc1. The summed E-state index contributed by atoms with van der Waals surface area (Å²) < 4.78 is 4.54. The van der Waals surface area contributed by atoms with Gasteiger partial charge in [0.25, 0.3) is 0 Å². The molecule has 2 nitrogen and oxygen atoms in total. The highest BCUT2D eigenvalue weighted by Crippen LogP contribution is 2.22. The lowest BCUT2D eigenvalue weighted by Crippen LogP contribution is -2.00. The Morgan fingerprint density at radius 2 is 1.55 bits per heavy atom. The summed E-state index contributed by atoms with van der Waals surface area (Å²) in [5.74, 6) is 0.749. The fourth-order valence-corrected chi connectivity index (χ4v) is 2.11. The van der Waals surface area contributed by atoms with Gasteiger partial charge in [-0.3, -0.25) is 0 Å². The molecule has 0 bridgehead atoms. The minimum atomic E-state index is -0.287. The van der Waals surface area contributed by atoms with E-state index in [0.29, 0.717) is 5.56 Å². The van der Waals surface area contributed by atoms with E-state index in [9.17, 15) is 4.79 Å². The van der Waals surface area contributed by atoms with Gasteiger partial charge in [0.2, 0.25) is 0 Å². The lowest BCUT2D eigenvalue weighted by atomic mass is 9.91. The van der Waals surface area contributed by atoms with Crippen molar-refractivity contribution < 1.29 is 9.53 Å². The van der Waals surface area contributed by atoms with Crippen LogP contribution in [0.15, 0.2) is 24.3 Å². The van der Waals surface area contributed by atoms with Gasteiger partial charge >= 0.3 is 5.97 Å². The molecular formula is C18H30O2. The normalized spacial score (nSPS) is 14.2. The van der Waals surface area contributed by atoms with Crippen LogP contribution < -0.4 is 0 Å². The summed E-state index contributed by atoms with van der Waals surface area (Å²) in [5, 5.41) is 0. The third kappa shape index (κ3) is 7.98. The number of carbonyl (C=O) groups excluding carboxylic acids is 1. The van der Waals surface area contributed by atoms with Crippen LogP contribution in [0, 0.1) is 12.8 Å². The monoisotopic (exact) mass is 278 g/mol. The van der Waals surface area contributed by atoms with E-state index in [1.54, 1.807) is 12.1 Å². The molecule has 0 saturated heterocycles. The van der Waals surface area contributed by atoms with Gasteiger partial charge in [-0.1, -0.05) is 70.6 Å². The number of hydrogen-bond donors (Lipinski definition) is 0. The molecular weight excluding hydrogens is 248 g/mol. The number of carbonyl (C=O) groups is 1. The molecule has 1 fully saturated rings. The Kier molecular flexibility index (Phi) is 10.8. The van der Waals surface area contributed by atoms with E-state index >= 15 is 0 Å². The zero-order chi connectivity index (χ0) is 15.4. The molecule has 2 heteroatoms. The molecule has 2 rings (SSSR count). The van der Waals surface area contributed by atoms with Gasteiger partial charge in [-0.05, 0) is 25.0 Å². The Labute approximate surface area is 124 Å². The van der Waals surface area contributed by atoms with Crippen molar-refractivity contribution in [3.05, 3.63) is 35.4 Å². The molecule has 1 aliphatic rings. The molecule has 0 radical (unpaired) electrons. The second kappa shape index (κ2) is 11.5. The third-order valence-corrected chi connectivity index (χ3v) is 3.37. The highest BCUT2D eigenvalue weighted by atomic mass is 16.5. The molecule has 1 aromatic rings. The zero-order valence-corrected chi connectivity index (χ0v) is 13.7. The van der Waals surface area contributed by atoms with Crippen molar-refractivity contribution in [1.29, 1.82) is 0 Å². The maximum absolute atomic E-state index is 10.9. The largest absolute Gasteiger partial charge is 0.465 e. The second-order valence-electron chi connectivity index (χ2n) is 5.10. The van der Waals surface area contributed by atoms with Crippen molar-refractivity contribution in [3.63, 3.8) is 0 Å². The fourth-order valence-electron chi connectivity index (χ4n) is 2.11. The number of esters is 1. The van der Waals surface area contributed by atoms with Gasteiger partial charge in [-0.15, -0.1) is 0 Å². The average Bonchev–Trinajstić information content (AvgIpc) is 2.51. The van der Waals surface area contributed by atoms with Gasteiger partial charge in [0, 0.05) is 0 Å². The highest BCUT2D eigenvalue weighted by molar-refractivity contribution is 5.89. The molecule has 20 heavy (non-hydrogen) atoms. The maximum Gasteiger partial charge on any atom is 0.337 e. The van der Waals surface area contributed by atoms with Crippen molar-refractivity contribution in [3.8, 4) is 0 Å². The maximum atomic E-state index is 10.9. The predicted molar refractivity (Wildman–Crippen MR) is 86.1 cm³/mol. The van der Waals surface area contributed by atoms with Crippen LogP contribution >= 0.6 is 0 Å². The first-order valence-corrected chi connectivity index (χ1v) is 7.78. The molecule has 1 saturated carbocycles. The molecule has 0 spiro atoms. The number of methoxy groups -OCH3 is 1. The van der Waals surface area contributed by atoms with Crippen molar-refractivity contribution in [2.24, 2.45) is 5.92 Å². The molecule has 0 unspecified atom stereocenters. The Bertz CT molecular complexity index is 348. The van der Waals surface area contributed by atoms with Crippen LogP contribution in [0.5, 0.6) is 0 Å². The van der Waals surface area contributed by atoms with Gasteiger partial charge in [-0.25, -0.2) is 4.79 Å². The number of rotatable bonds is 1. The molecule has 0 amide bonds. The standard InChI is InChI=1S/C9H10O2.C7H14.C2H6/c1-7-3-5-8(6-4-7)9(10)11-2;1-7-5-3-2-4-6-7;1-2/h3-6H,1-2H3;7H,2-6H2,1H3;1-2H3. The van der Waals surface area contributed by atoms with Crippen LogP contribution in [0.25, 0.3) is 0 Å². The van der Waals surface area contributed by atoms with Gasteiger partial charge in [-0.2, -0.15) is 0 Å². The molecule has 0 aliphatic heterocycles. The summed E-state index contributed by atoms with van der Waals surface area (Å²) >= 11 is 0. The van der Waals surface area contributed by atoms with E-state index in [1.165, 1.54) is 39.2 Å². The van der Waals surface area contributed by atoms with E-state index < -0.39 is 0 Å². The van der Waals surface area contributed by atoms with Crippen LogP contribution in [0.3, 0.4) is 0 Å². The molecule has 1 aromatic carbocycles.